The van der Waals surface area contributed by atoms with Crippen molar-refractivity contribution in [3.05, 3.63) is 51.9 Å². The Hall–Kier alpha value is -3.30. The molecule has 2 heterocycles. The van der Waals surface area contributed by atoms with Crippen LogP contribution >= 0.6 is 0 Å². The number of rotatable bonds is 5. The van der Waals surface area contributed by atoms with Crippen molar-refractivity contribution < 1.29 is 27.5 Å². The molecule has 7 nitrogen and oxygen atoms in total. The second kappa shape index (κ2) is 7.37. The van der Waals surface area contributed by atoms with Crippen LogP contribution in [0.1, 0.15) is 22.5 Å². The molecule has 0 saturated carbocycles. The lowest BCUT2D eigenvalue weighted by atomic mass is 10.0. The quantitative estimate of drug-likeness (QED) is 0.715. The molecule has 4 N–H and O–H groups in total. The average molecular weight is 395 g/mol. The number of amides is 2. The Kier molecular flexibility index (Phi) is 5.12. The molecule has 148 valence electrons. The van der Waals surface area contributed by atoms with Crippen LogP contribution in [0.5, 0.6) is 5.75 Å². The Balaban J connectivity index is 1.88. The normalized spacial score (nSPS) is 16.7. The minimum atomic E-state index is -4.83. The number of primary amides is 1. The SMILES string of the molecule is NC(=O)c1cc(-c2ccc(OCC3CNC(=O)C3)cc2)c(C(F)(F)F)[nH]c1=O. The molecule has 1 aliphatic heterocycles. The minimum Gasteiger partial charge on any atom is -0.493 e. The van der Waals surface area contributed by atoms with Crippen LogP contribution in [0, 0.1) is 5.92 Å². The zero-order valence-corrected chi connectivity index (χ0v) is 14.4. The smallest absolute Gasteiger partial charge is 0.431 e. The van der Waals surface area contributed by atoms with E-state index in [4.69, 9.17) is 10.5 Å². The molecule has 1 fully saturated rings. The molecule has 0 spiro atoms. The summed E-state index contributed by atoms with van der Waals surface area (Å²) in [6, 6.07) is 6.52. The monoisotopic (exact) mass is 395 g/mol. The van der Waals surface area contributed by atoms with Gasteiger partial charge in [-0.2, -0.15) is 13.2 Å². The average Bonchev–Trinajstić information content (AvgIpc) is 3.04. The second-order valence-electron chi connectivity index (χ2n) is 6.37. The number of hydrogen-bond acceptors (Lipinski definition) is 4. The number of benzene rings is 1. The van der Waals surface area contributed by atoms with E-state index < -0.39 is 28.9 Å². The van der Waals surface area contributed by atoms with Crippen LogP contribution in [0.3, 0.4) is 0 Å². The van der Waals surface area contributed by atoms with Gasteiger partial charge in [0.15, 0.2) is 0 Å². The van der Waals surface area contributed by atoms with E-state index in [1.54, 1.807) is 4.98 Å². The third-order valence-electron chi connectivity index (χ3n) is 4.30. The molecule has 10 heteroatoms. The Morgan fingerprint density at radius 2 is 1.89 bits per heavy atom. The third kappa shape index (κ3) is 4.16. The van der Waals surface area contributed by atoms with Gasteiger partial charge in [-0.15, -0.1) is 0 Å². The molecular formula is C18H16F3N3O4. The van der Waals surface area contributed by atoms with Crippen molar-refractivity contribution in [2.45, 2.75) is 12.6 Å². The highest BCUT2D eigenvalue weighted by atomic mass is 19.4. The number of halogens is 3. The van der Waals surface area contributed by atoms with E-state index in [-0.39, 0.29) is 29.6 Å². The summed E-state index contributed by atoms with van der Waals surface area (Å²) in [5.41, 5.74) is 1.76. The van der Waals surface area contributed by atoms with Crippen molar-refractivity contribution in [1.29, 1.82) is 0 Å². The van der Waals surface area contributed by atoms with Gasteiger partial charge in [-0.1, -0.05) is 12.1 Å². The zero-order chi connectivity index (χ0) is 20.5. The molecule has 2 amide bonds. The van der Waals surface area contributed by atoms with Gasteiger partial charge >= 0.3 is 6.18 Å². The number of hydrogen-bond donors (Lipinski definition) is 3. The summed E-state index contributed by atoms with van der Waals surface area (Å²) < 4.78 is 45.5. The van der Waals surface area contributed by atoms with Gasteiger partial charge in [0.2, 0.25) is 5.91 Å². The molecule has 1 aliphatic rings. The lowest BCUT2D eigenvalue weighted by Crippen LogP contribution is -2.27. The van der Waals surface area contributed by atoms with Gasteiger partial charge in [0.1, 0.15) is 17.0 Å². The van der Waals surface area contributed by atoms with Crippen LogP contribution < -0.4 is 21.3 Å². The summed E-state index contributed by atoms with van der Waals surface area (Å²) in [6.45, 7) is 0.801. The number of ether oxygens (including phenoxy) is 1. The molecule has 1 atom stereocenters. The first-order valence-electron chi connectivity index (χ1n) is 8.29. The van der Waals surface area contributed by atoms with Gasteiger partial charge < -0.3 is 20.8 Å². The third-order valence-corrected chi connectivity index (χ3v) is 4.30. The number of nitrogens with one attached hydrogen (secondary N) is 2. The van der Waals surface area contributed by atoms with E-state index in [1.807, 2.05) is 0 Å². The van der Waals surface area contributed by atoms with Gasteiger partial charge in [0.05, 0.1) is 6.61 Å². The van der Waals surface area contributed by atoms with Gasteiger partial charge in [-0.05, 0) is 23.8 Å². The fourth-order valence-corrected chi connectivity index (χ4v) is 2.89. The standard InChI is InChI=1S/C18H16F3N3O4/c19-18(20,21)15-12(6-13(16(22)26)17(27)24-15)10-1-3-11(4-2-10)28-8-9-5-14(25)23-7-9/h1-4,6,9H,5,7-8H2,(H2,22,26)(H,23,25)(H,24,27). The number of carbonyl (C=O) groups excluding carboxylic acids is 2. The molecule has 1 aromatic carbocycles. The van der Waals surface area contributed by atoms with E-state index in [0.717, 1.165) is 6.07 Å². The number of H-pyrrole nitrogens is 1. The highest BCUT2D eigenvalue weighted by Crippen LogP contribution is 2.35. The summed E-state index contributed by atoms with van der Waals surface area (Å²) in [6.07, 6.45) is -4.47. The largest absolute Gasteiger partial charge is 0.493 e. The fraction of sp³-hybridized carbons (Fsp3) is 0.278. The Bertz CT molecular complexity index is 968. The minimum absolute atomic E-state index is 0.0290. The van der Waals surface area contributed by atoms with Crippen LogP contribution in [0.15, 0.2) is 35.1 Å². The predicted octanol–water partition coefficient (Wildman–Crippen LogP) is 1.67. The van der Waals surface area contributed by atoms with Crippen LogP contribution in [0.4, 0.5) is 13.2 Å². The first-order chi connectivity index (χ1) is 13.1. The molecule has 28 heavy (non-hydrogen) atoms. The summed E-state index contributed by atoms with van der Waals surface area (Å²) in [5, 5.41) is 2.68. The second-order valence-corrected chi connectivity index (χ2v) is 6.37. The predicted molar refractivity (Wildman–Crippen MR) is 92.6 cm³/mol. The molecule has 0 radical (unpaired) electrons. The summed E-state index contributed by atoms with van der Waals surface area (Å²) in [7, 11) is 0. The zero-order valence-electron chi connectivity index (χ0n) is 14.4. The van der Waals surface area contributed by atoms with E-state index in [2.05, 4.69) is 5.32 Å². The molecule has 3 rings (SSSR count). The van der Waals surface area contributed by atoms with Crippen molar-refractivity contribution in [1.82, 2.24) is 10.3 Å². The van der Waals surface area contributed by atoms with Gasteiger partial charge in [0.25, 0.3) is 11.5 Å². The highest BCUT2D eigenvalue weighted by molar-refractivity contribution is 5.94. The summed E-state index contributed by atoms with van der Waals surface area (Å²) in [5.74, 6) is -0.736. The van der Waals surface area contributed by atoms with E-state index in [1.165, 1.54) is 24.3 Å². The number of pyridine rings is 1. The topological polar surface area (TPSA) is 114 Å². The number of aromatic amines is 1. The van der Waals surface area contributed by atoms with Crippen molar-refractivity contribution in [3.63, 3.8) is 0 Å². The van der Waals surface area contributed by atoms with Crippen LogP contribution in [-0.2, 0) is 11.0 Å². The van der Waals surface area contributed by atoms with Crippen molar-refractivity contribution in [2.75, 3.05) is 13.2 Å². The number of alkyl halides is 3. The molecule has 1 saturated heterocycles. The fourth-order valence-electron chi connectivity index (χ4n) is 2.89. The number of nitrogens with two attached hydrogens (primary N) is 1. The van der Waals surface area contributed by atoms with Crippen LogP contribution in [0.2, 0.25) is 0 Å². The molecular weight excluding hydrogens is 379 g/mol. The van der Waals surface area contributed by atoms with Gasteiger partial charge in [0, 0.05) is 24.4 Å². The van der Waals surface area contributed by atoms with Gasteiger partial charge in [-0.3, -0.25) is 14.4 Å². The Labute approximate surface area is 156 Å². The van der Waals surface area contributed by atoms with Crippen molar-refractivity contribution >= 4 is 11.8 Å². The lowest BCUT2D eigenvalue weighted by Gasteiger charge is -2.14. The first kappa shape index (κ1) is 19.5. The molecule has 0 bridgehead atoms. The van der Waals surface area contributed by atoms with Crippen LogP contribution in [0.25, 0.3) is 11.1 Å². The van der Waals surface area contributed by atoms with E-state index >= 15 is 0 Å². The number of carbonyl (C=O) groups is 2. The van der Waals surface area contributed by atoms with Crippen molar-refractivity contribution in [2.24, 2.45) is 11.7 Å². The van der Waals surface area contributed by atoms with Gasteiger partial charge in [-0.25, -0.2) is 0 Å². The number of aromatic nitrogens is 1. The maximum atomic E-state index is 13.3. The molecule has 1 unspecified atom stereocenters. The maximum absolute atomic E-state index is 13.3. The molecule has 1 aromatic heterocycles. The molecule has 0 aliphatic carbocycles. The van der Waals surface area contributed by atoms with E-state index in [9.17, 15) is 27.6 Å². The van der Waals surface area contributed by atoms with Crippen LogP contribution in [-0.4, -0.2) is 29.9 Å². The lowest BCUT2D eigenvalue weighted by molar-refractivity contribution is -0.140. The van der Waals surface area contributed by atoms with Crippen molar-refractivity contribution in [3.8, 4) is 16.9 Å². The molecule has 2 aromatic rings. The Morgan fingerprint density at radius 1 is 1.21 bits per heavy atom. The summed E-state index contributed by atoms with van der Waals surface area (Å²) in [4.78, 5) is 35.9. The first-order valence-corrected chi connectivity index (χ1v) is 8.29. The maximum Gasteiger partial charge on any atom is 0.431 e. The highest BCUT2D eigenvalue weighted by Gasteiger charge is 2.36. The summed E-state index contributed by atoms with van der Waals surface area (Å²) >= 11 is 0. The Morgan fingerprint density at radius 3 is 2.43 bits per heavy atom. The van der Waals surface area contributed by atoms with E-state index in [0.29, 0.717) is 18.7 Å².